The van der Waals surface area contributed by atoms with Crippen LogP contribution in [-0.4, -0.2) is 30.9 Å². The Morgan fingerprint density at radius 1 is 1.08 bits per heavy atom. The molecule has 0 saturated carbocycles. The van der Waals surface area contributed by atoms with Crippen LogP contribution in [0.25, 0.3) is 0 Å². The molecule has 0 spiro atoms. The molecule has 0 atom stereocenters. The van der Waals surface area contributed by atoms with Crippen LogP contribution in [0.4, 0.5) is 5.69 Å². The molecule has 0 aliphatic carbocycles. The third-order valence-electron chi connectivity index (χ3n) is 3.69. The number of nitro benzene ring substituents is 1. The van der Waals surface area contributed by atoms with Crippen molar-refractivity contribution in [2.24, 2.45) is 0 Å². The lowest BCUT2D eigenvalue weighted by molar-refractivity contribution is -0.385. The van der Waals surface area contributed by atoms with Gasteiger partial charge in [-0.1, -0.05) is 6.07 Å². The lowest BCUT2D eigenvalue weighted by Gasteiger charge is -2.09. The number of benzene rings is 2. The van der Waals surface area contributed by atoms with E-state index in [1.165, 1.54) is 6.07 Å². The van der Waals surface area contributed by atoms with Gasteiger partial charge in [0.1, 0.15) is 24.5 Å². The number of fused-ring (bicyclic) bond motifs is 1. The van der Waals surface area contributed by atoms with Gasteiger partial charge in [-0.3, -0.25) is 10.1 Å². The minimum atomic E-state index is -0.820. The molecule has 0 bridgehead atoms. The standard InChI is InChI=1S/C18H17NO7/c1-11-5-12(2)7-13(6-11)23-3-4-24-18(20)14-8-16-17(26-10-25-16)9-15(14)19(21)22/h5-9H,3-4,10H2,1-2H3. The van der Waals surface area contributed by atoms with Gasteiger partial charge in [-0.15, -0.1) is 0 Å². The lowest BCUT2D eigenvalue weighted by atomic mass is 10.1. The second-order valence-electron chi connectivity index (χ2n) is 5.79. The first-order chi connectivity index (χ1) is 12.4. The van der Waals surface area contributed by atoms with Crippen LogP contribution in [0.3, 0.4) is 0 Å². The predicted octanol–water partition coefficient (Wildman–Crippen LogP) is 3.18. The summed E-state index contributed by atoms with van der Waals surface area (Å²) in [5.41, 5.74) is 1.54. The van der Waals surface area contributed by atoms with Crippen LogP contribution in [-0.2, 0) is 4.74 Å². The fraction of sp³-hybridized carbons (Fsp3) is 0.278. The molecule has 136 valence electrons. The van der Waals surface area contributed by atoms with Gasteiger partial charge in [0.2, 0.25) is 6.79 Å². The van der Waals surface area contributed by atoms with Crippen molar-refractivity contribution < 1.29 is 28.7 Å². The van der Waals surface area contributed by atoms with E-state index in [-0.39, 0.29) is 37.1 Å². The van der Waals surface area contributed by atoms with Gasteiger partial charge in [0.25, 0.3) is 5.69 Å². The minimum Gasteiger partial charge on any atom is -0.490 e. The summed E-state index contributed by atoms with van der Waals surface area (Å²) in [6.45, 7) is 3.95. The SMILES string of the molecule is Cc1cc(C)cc(OCCOC(=O)c2cc3c(cc2[N+](=O)[O-])OCO3)c1. The van der Waals surface area contributed by atoms with Crippen molar-refractivity contribution in [3.63, 3.8) is 0 Å². The highest BCUT2D eigenvalue weighted by molar-refractivity contribution is 5.95. The van der Waals surface area contributed by atoms with Gasteiger partial charge < -0.3 is 18.9 Å². The third kappa shape index (κ3) is 3.85. The monoisotopic (exact) mass is 359 g/mol. The summed E-state index contributed by atoms with van der Waals surface area (Å²) in [5, 5.41) is 11.2. The van der Waals surface area contributed by atoms with Crippen LogP contribution in [0.15, 0.2) is 30.3 Å². The van der Waals surface area contributed by atoms with E-state index in [0.29, 0.717) is 5.75 Å². The molecule has 0 saturated heterocycles. The maximum atomic E-state index is 12.2. The summed E-state index contributed by atoms with van der Waals surface area (Å²) in [6.07, 6.45) is 0. The first-order valence-corrected chi connectivity index (χ1v) is 7.90. The molecule has 0 unspecified atom stereocenters. The van der Waals surface area contributed by atoms with Gasteiger partial charge in [-0.25, -0.2) is 4.79 Å². The number of esters is 1. The number of carbonyl (C=O) groups excluding carboxylic acids is 1. The third-order valence-corrected chi connectivity index (χ3v) is 3.69. The molecular weight excluding hydrogens is 342 g/mol. The summed E-state index contributed by atoms with van der Waals surface area (Å²) >= 11 is 0. The Morgan fingerprint density at radius 3 is 2.38 bits per heavy atom. The number of nitrogens with zero attached hydrogens (tertiary/aromatic N) is 1. The Balaban J connectivity index is 1.62. The van der Waals surface area contributed by atoms with Crippen LogP contribution in [0.5, 0.6) is 17.2 Å². The molecule has 0 radical (unpaired) electrons. The molecule has 0 N–H and O–H groups in total. The molecule has 2 aromatic carbocycles. The zero-order chi connectivity index (χ0) is 18.7. The van der Waals surface area contributed by atoms with Gasteiger partial charge in [0.15, 0.2) is 11.5 Å². The van der Waals surface area contributed by atoms with Crippen molar-refractivity contribution in [1.29, 1.82) is 0 Å². The second-order valence-corrected chi connectivity index (χ2v) is 5.79. The number of nitro groups is 1. The molecule has 2 aromatic rings. The molecule has 0 amide bonds. The van der Waals surface area contributed by atoms with Crippen molar-refractivity contribution in [2.45, 2.75) is 13.8 Å². The van der Waals surface area contributed by atoms with Crippen molar-refractivity contribution in [2.75, 3.05) is 20.0 Å². The maximum absolute atomic E-state index is 12.2. The predicted molar refractivity (Wildman–Crippen MR) is 90.9 cm³/mol. The average Bonchev–Trinajstić information content (AvgIpc) is 3.04. The van der Waals surface area contributed by atoms with E-state index >= 15 is 0 Å². The molecule has 26 heavy (non-hydrogen) atoms. The van der Waals surface area contributed by atoms with Crippen LogP contribution in [0.1, 0.15) is 21.5 Å². The molecular formula is C18H17NO7. The number of hydrogen-bond acceptors (Lipinski definition) is 7. The Labute approximate surface area is 149 Å². The Kier molecular flexibility index (Phi) is 4.92. The number of ether oxygens (including phenoxy) is 4. The Morgan fingerprint density at radius 2 is 1.73 bits per heavy atom. The average molecular weight is 359 g/mol. The highest BCUT2D eigenvalue weighted by Gasteiger charge is 2.28. The van der Waals surface area contributed by atoms with Crippen molar-refractivity contribution in [1.82, 2.24) is 0 Å². The van der Waals surface area contributed by atoms with Crippen molar-refractivity contribution in [3.05, 3.63) is 57.1 Å². The molecule has 1 aliphatic heterocycles. The van der Waals surface area contributed by atoms with Crippen LogP contribution in [0, 0.1) is 24.0 Å². The highest BCUT2D eigenvalue weighted by atomic mass is 16.7. The second kappa shape index (κ2) is 7.30. The first kappa shape index (κ1) is 17.5. The van der Waals surface area contributed by atoms with E-state index in [2.05, 4.69) is 0 Å². The van der Waals surface area contributed by atoms with Crippen molar-refractivity contribution >= 4 is 11.7 Å². The fourth-order valence-corrected chi connectivity index (χ4v) is 2.63. The van der Waals surface area contributed by atoms with Gasteiger partial charge in [-0.05, 0) is 37.1 Å². The lowest BCUT2D eigenvalue weighted by Crippen LogP contribution is -2.14. The minimum absolute atomic E-state index is 0.0442. The molecule has 0 fully saturated rings. The molecule has 8 heteroatoms. The summed E-state index contributed by atoms with van der Waals surface area (Å²) in [7, 11) is 0. The Hall–Kier alpha value is -3.29. The Bertz CT molecular complexity index is 843. The summed E-state index contributed by atoms with van der Waals surface area (Å²) in [4.78, 5) is 22.7. The number of rotatable bonds is 6. The zero-order valence-electron chi connectivity index (χ0n) is 14.3. The summed E-state index contributed by atoms with van der Waals surface area (Å²) in [5.74, 6) is 0.354. The largest absolute Gasteiger partial charge is 0.490 e. The van der Waals surface area contributed by atoms with Crippen LogP contribution in [0.2, 0.25) is 0 Å². The van der Waals surface area contributed by atoms with E-state index in [9.17, 15) is 14.9 Å². The zero-order valence-corrected chi connectivity index (χ0v) is 14.3. The fourth-order valence-electron chi connectivity index (χ4n) is 2.63. The molecule has 3 rings (SSSR count). The van der Waals surface area contributed by atoms with Gasteiger partial charge in [0, 0.05) is 6.07 Å². The number of aryl methyl sites for hydroxylation is 2. The van der Waals surface area contributed by atoms with Crippen LogP contribution < -0.4 is 14.2 Å². The van der Waals surface area contributed by atoms with E-state index in [4.69, 9.17) is 18.9 Å². The molecule has 1 aliphatic rings. The molecule has 8 nitrogen and oxygen atoms in total. The normalized spacial score (nSPS) is 11.9. The van der Waals surface area contributed by atoms with E-state index in [0.717, 1.165) is 17.2 Å². The molecule has 1 heterocycles. The van der Waals surface area contributed by atoms with Gasteiger partial charge in [-0.2, -0.15) is 0 Å². The van der Waals surface area contributed by atoms with E-state index < -0.39 is 16.6 Å². The smallest absolute Gasteiger partial charge is 0.345 e. The van der Waals surface area contributed by atoms with Crippen LogP contribution >= 0.6 is 0 Å². The quantitative estimate of drug-likeness (QED) is 0.338. The topological polar surface area (TPSA) is 97.1 Å². The van der Waals surface area contributed by atoms with Gasteiger partial charge >= 0.3 is 5.97 Å². The molecule has 0 aromatic heterocycles. The summed E-state index contributed by atoms with van der Waals surface area (Å²) < 4.78 is 20.9. The maximum Gasteiger partial charge on any atom is 0.345 e. The first-order valence-electron chi connectivity index (χ1n) is 7.90. The van der Waals surface area contributed by atoms with E-state index in [1.54, 1.807) is 0 Å². The number of carbonyl (C=O) groups is 1. The van der Waals surface area contributed by atoms with E-state index in [1.807, 2.05) is 32.0 Å². The van der Waals surface area contributed by atoms with Crippen molar-refractivity contribution in [3.8, 4) is 17.2 Å². The summed E-state index contributed by atoms with van der Waals surface area (Å²) in [6, 6.07) is 8.18. The highest BCUT2D eigenvalue weighted by Crippen LogP contribution is 2.38. The van der Waals surface area contributed by atoms with Gasteiger partial charge in [0.05, 0.1) is 11.0 Å². The number of hydrogen-bond donors (Lipinski definition) is 0.